The summed E-state index contributed by atoms with van der Waals surface area (Å²) in [6.07, 6.45) is 23.5. The highest BCUT2D eigenvalue weighted by molar-refractivity contribution is 5.67. The summed E-state index contributed by atoms with van der Waals surface area (Å²) in [5, 5.41) is 9.96. The standard InChI is InChI=1S/C32H51NO2/c1-2-3-4-5-6-7-8-9-11-16-26-19-20-30(29(25-31(34)35)28(26)21-24-33)32(22-14-15-23-32)27-17-12-10-13-18-27/h7-8,10,12-13,17-18,26,28-30H,2-6,9,11,14-16,19-25,33H2,1H3,(H,34,35)/t26-,28-,29+,30?/m0/s1. The summed E-state index contributed by atoms with van der Waals surface area (Å²) in [6, 6.07) is 11.1. The summed E-state index contributed by atoms with van der Waals surface area (Å²) in [5.41, 5.74) is 7.75. The van der Waals surface area contributed by atoms with Crippen LogP contribution in [0, 0.1) is 23.7 Å². The van der Waals surface area contributed by atoms with Gasteiger partial charge in [0.15, 0.2) is 0 Å². The lowest BCUT2D eigenvalue weighted by Crippen LogP contribution is -2.46. The lowest BCUT2D eigenvalue weighted by Gasteiger charge is -2.51. The Labute approximate surface area is 215 Å². The molecule has 0 aliphatic heterocycles. The van der Waals surface area contributed by atoms with Crippen molar-refractivity contribution in [3.63, 3.8) is 0 Å². The minimum absolute atomic E-state index is 0.152. The van der Waals surface area contributed by atoms with Gasteiger partial charge in [-0.25, -0.2) is 0 Å². The van der Waals surface area contributed by atoms with Gasteiger partial charge in [0.1, 0.15) is 0 Å². The molecule has 1 aromatic carbocycles. The zero-order chi connectivity index (χ0) is 24.9. The van der Waals surface area contributed by atoms with E-state index in [2.05, 4.69) is 49.4 Å². The van der Waals surface area contributed by atoms with Gasteiger partial charge in [-0.3, -0.25) is 4.79 Å². The third-order valence-electron chi connectivity index (χ3n) is 9.32. The normalized spacial score (nSPS) is 26.3. The highest BCUT2D eigenvalue weighted by atomic mass is 16.4. The van der Waals surface area contributed by atoms with Gasteiger partial charge in [-0.2, -0.15) is 0 Å². The van der Waals surface area contributed by atoms with Gasteiger partial charge in [0.05, 0.1) is 0 Å². The van der Waals surface area contributed by atoms with Crippen molar-refractivity contribution in [3.05, 3.63) is 48.0 Å². The Morgan fingerprint density at radius 1 is 0.971 bits per heavy atom. The summed E-state index contributed by atoms with van der Waals surface area (Å²) in [4.78, 5) is 12.1. The fourth-order valence-corrected chi connectivity index (χ4v) is 7.72. The van der Waals surface area contributed by atoms with Crippen LogP contribution in [0.15, 0.2) is 42.5 Å². The molecule has 35 heavy (non-hydrogen) atoms. The lowest BCUT2D eigenvalue weighted by molar-refractivity contribution is -0.140. The number of carboxylic acids is 1. The van der Waals surface area contributed by atoms with Crippen molar-refractivity contribution in [3.8, 4) is 0 Å². The Bertz CT molecular complexity index is 752. The quantitative estimate of drug-likeness (QED) is 0.196. The van der Waals surface area contributed by atoms with Crippen LogP contribution in [0.2, 0.25) is 0 Å². The number of hydrogen-bond donors (Lipinski definition) is 2. The highest BCUT2D eigenvalue weighted by Crippen LogP contribution is 2.57. The van der Waals surface area contributed by atoms with E-state index >= 15 is 0 Å². The summed E-state index contributed by atoms with van der Waals surface area (Å²) >= 11 is 0. The average Bonchev–Trinajstić information content (AvgIpc) is 3.36. The molecule has 0 saturated heterocycles. The number of carboxylic acid groups (broad SMARTS) is 1. The summed E-state index contributed by atoms with van der Waals surface area (Å²) in [6.45, 7) is 2.93. The van der Waals surface area contributed by atoms with Crippen molar-refractivity contribution < 1.29 is 9.90 Å². The van der Waals surface area contributed by atoms with Crippen LogP contribution < -0.4 is 5.73 Å². The first-order valence-corrected chi connectivity index (χ1v) is 14.7. The Balaban J connectivity index is 1.69. The van der Waals surface area contributed by atoms with E-state index in [0.717, 1.165) is 12.8 Å². The van der Waals surface area contributed by atoms with Crippen LogP contribution >= 0.6 is 0 Å². The highest BCUT2D eigenvalue weighted by Gasteiger charge is 2.51. The minimum atomic E-state index is -0.630. The molecule has 0 bridgehead atoms. The molecule has 2 aliphatic rings. The Morgan fingerprint density at radius 3 is 2.34 bits per heavy atom. The maximum atomic E-state index is 12.1. The first-order valence-electron chi connectivity index (χ1n) is 14.7. The molecule has 0 heterocycles. The summed E-state index contributed by atoms with van der Waals surface area (Å²) in [7, 11) is 0. The molecule has 3 nitrogen and oxygen atoms in total. The second-order valence-electron chi connectivity index (χ2n) is 11.4. The molecule has 1 unspecified atom stereocenters. The molecular weight excluding hydrogens is 430 g/mol. The maximum Gasteiger partial charge on any atom is 0.303 e. The topological polar surface area (TPSA) is 63.3 Å². The second kappa shape index (κ2) is 14.8. The monoisotopic (exact) mass is 481 g/mol. The van der Waals surface area contributed by atoms with Crippen LogP contribution in [0.4, 0.5) is 0 Å². The van der Waals surface area contributed by atoms with E-state index in [9.17, 15) is 9.90 Å². The van der Waals surface area contributed by atoms with E-state index in [-0.39, 0.29) is 11.3 Å². The fourth-order valence-electron chi connectivity index (χ4n) is 7.72. The van der Waals surface area contributed by atoms with Crippen LogP contribution in [0.1, 0.15) is 115 Å². The van der Waals surface area contributed by atoms with E-state index < -0.39 is 5.97 Å². The third-order valence-corrected chi connectivity index (χ3v) is 9.32. The SMILES string of the molecule is CCCCCCC=CCCC[C@H]1CCC(C2(c3ccccc3)CCCC2)[C@H](CC(=O)O)[C@H]1CCN. The number of benzene rings is 1. The van der Waals surface area contributed by atoms with Crippen molar-refractivity contribution in [1.82, 2.24) is 0 Å². The number of carbonyl (C=O) groups is 1. The van der Waals surface area contributed by atoms with Crippen molar-refractivity contribution in [2.75, 3.05) is 6.54 Å². The molecular formula is C32H51NO2. The number of rotatable bonds is 15. The number of nitrogens with two attached hydrogens (primary N) is 1. The number of allylic oxidation sites excluding steroid dienone is 2. The van der Waals surface area contributed by atoms with Crippen LogP contribution in [0.3, 0.4) is 0 Å². The van der Waals surface area contributed by atoms with E-state index in [1.807, 2.05) is 0 Å². The molecule has 3 heteroatoms. The minimum Gasteiger partial charge on any atom is -0.481 e. The summed E-state index contributed by atoms with van der Waals surface area (Å²) in [5.74, 6) is 1.12. The molecule has 2 saturated carbocycles. The molecule has 196 valence electrons. The van der Waals surface area contributed by atoms with E-state index in [4.69, 9.17) is 5.73 Å². The molecule has 3 N–H and O–H groups in total. The van der Waals surface area contributed by atoms with E-state index in [1.165, 1.54) is 89.0 Å². The van der Waals surface area contributed by atoms with Crippen molar-refractivity contribution in [2.45, 2.75) is 115 Å². The van der Waals surface area contributed by atoms with Gasteiger partial charge in [-0.15, -0.1) is 0 Å². The van der Waals surface area contributed by atoms with Gasteiger partial charge in [0, 0.05) is 6.42 Å². The molecule has 0 radical (unpaired) electrons. The smallest absolute Gasteiger partial charge is 0.303 e. The van der Waals surface area contributed by atoms with Crippen LogP contribution in [0.25, 0.3) is 0 Å². The molecule has 0 amide bonds. The van der Waals surface area contributed by atoms with Crippen LogP contribution in [-0.4, -0.2) is 17.6 Å². The Kier molecular flexibility index (Phi) is 11.9. The predicted molar refractivity (Wildman–Crippen MR) is 147 cm³/mol. The van der Waals surface area contributed by atoms with Crippen molar-refractivity contribution >= 4 is 5.97 Å². The summed E-state index contributed by atoms with van der Waals surface area (Å²) < 4.78 is 0. The lowest BCUT2D eigenvalue weighted by atomic mass is 9.53. The number of aliphatic carboxylic acids is 1. The zero-order valence-electron chi connectivity index (χ0n) is 22.3. The largest absolute Gasteiger partial charge is 0.481 e. The third kappa shape index (κ3) is 7.68. The van der Waals surface area contributed by atoms with Crippen molar-refractivity contribution in [1.29, 1.82) is 0 Å². The van der Waals surface area contributed by atoms with Crippen molar-refractivity contribution in [2.24, 2.45) is 29.4 Å². The maximum absolute atomic E-state index is 12.1. The molecule has 4 atom stereocenters. The predicted octanol–water partition coefficient (Wildman–Crippen LogP) is 8.28. The zero-order valence-corrected chi connectivity index (χ0v) is 22.3. The van der Waals surface area contributed by atoms with Gasteiger partial charge >= 0.3 is 5.97 Å². The number of unbranched alkanes of at least 4 members (excludes halogenated alkanes) is 5. The number of hydrogen-bond acceptors (Lipinski definition) is 2. The van der Waals surface area contributed by atoms with Gasteiger partial charge < -0.3 is 10.8 Å². The molecule has 0 aromatic heterocycles. The van der Waals surface area contributed by atoms with Gasteiger partial charge in [-0.05, 0) is 105 Å². The van der Waals surface area contributed by atoms with Gasteiger partial charge in [-0.1, -0.05) is 81.5 Å². The van der Waals surface area contributed by atoms with E-state index in [0.29, 0.717) is 30.7 Å². The average molecular weight is 482 g/mol. The van der Waals surface area contributed by atoms with Gasteiger partial charge in [0.25, 0.3) is 0 Å². The van der Waals surface area contributed by atoms with Crippen LogP contribution in [-0.2, 0) is 10.2 Å². The second-order valence-corrected chi connectivity index (χ2v) is 11.4. The van der Waals surface area contributed by atoms with Gasteiger partial charge in [0.2, 0.25) is 0 Å². The molecule has 3 rings (SSSR count). The Hall–Kier alpha value is -1.61. The molecule has 1 aromatic rings. The first-order chi connectivity index (χ1) is 17.1. The Morgan fingerprint density at radius 2 is 1.69 bits per heavy atom. The molecule has 2 fully saturated rings. The molecule has 0 spiro atoms. The van der Waals surface area contributed by atoms with Crippen LogP contribution in [0.5, 0.6) is 0 Å². The fraction of sp³-hybridized carbons (Fsp3) is 0.719. The van der Waals surface area contributed by atoms with E-state index in [1.54, 1.807) is 0 Å². The molecule has 2 aliphatic carbocycles. The first kappa shape index (κ1) is 28.0.